The summed E-state index contributed by atoms with van der Waals surface area (Å²) in [5.41, 5.74) is 11.9. The first kappa shape index (κ1) is 33.6. The lowest BCUT2D eigenvalue weighted by molar-refractivity contribution is -0.130. The molecule has 2 saturated heterocycles. The number of ether oxygens (including phenoxy) is 2. The number of carbonyl (C=O) groups is 1. The number of rotatable bonds is 7. The minimum atomic E-state index is 0.0820. The molecule has 4 rings (SSSR count). The highest BCUT2D eigenvalue weighted by Crippen LogP contribution is 2.37. The molecule has 1 aromatic heterocycles. The molecule has 226 valence electrons. The summed E-state index contributed by atoms with van der Waals surface area (Å²) in [6.07, 6.45) is 10.7. The number of aromatic nitrogens is 1. The first-order chi connectivity index (χ1) is 19.9. The second kappa shape index (κ2) is 17.9. The maximum absolute atomic E-state index is 12.4. The zero-order valence-corrected chi connectivity index (χ0v) is 25.6. The molecule has 0 bridgehead atoms. The van der Waals surface area contributed by atoms with Gasteiger partial charge in [-0.15, -0.1) is 0 Å². The third-order valence-electron chi connectivity index (χ3n) is 6.69. The molecular formula is C31H49N7O3. The van der Waals surface area contributed by atoms with E-state index in [-0.39, 0.29) is 12.5 Å². The van der Waals surface area contributed by atoms with E-state index in [4.69, 9.17) is 9.47 Å². The first-order valence-electron chi connectivity index (χ1n) is 14.4. The normalized spacial score (nSPS) is 19.5. The minimum absolute atomic E-state index is 0.0820. The summed E-state index contributed by atoms with van der Waals surface area (Å²) in [6.45, 7) is 19.4. The number of allylic oxidation sites excluding steroid dienone is 3. The van der Waals surface area contributed by atoms with Gasteiger partial charge in [0, 0.05) is 63.7 Å². The predicted octanol–water partition coefficient (Wildman–Crippen LogP) is 3.81. The quantitative estimate of drug-likeness (QED) is 0.426. The summed E-state index contributed by atoms with van der Waals surface area (Å²) >= 11 is 0. The molecule has 0 radical (unpaired) electrons. The first-order valence-corrected chi connectivity index (χ1v) is 14.4. The molecule has 10 heteroatoms. The Balaban J connectivity index is 0.00000110. The van der Waals surface area contributed by atoms with Crippen LogP contribution in [0, 0.1) is 6.92 Å². The van der Waals surface area contributed by atoms with Crippen LogP contribution in [-0.2, 0) is 9.53 Å². The Labute approximate surface area is 246 Å². The van der Waals surface area contributed by atoms with Crippen LogP contribution < -0.4 is 26.0 Å². The number of anilines is 2. The van der Waals surface area contributed by atoms with Crippen molar-refractivity contribution in [3.8, 4) is 5.88 Å². The number of pyridine rings is 1. The van der Waals surface area contributed by atoms with Gasteiger partial charge in [-0.3, -0.25) is 9.79 Å². The third kappa shape index (κ3) is 9.75. The molecule has 1 aromatic rings. The molecular weight excluding hydrogens is 518 g/mol. The van der Waals surface area contributed by atoms with Crippen LogP contribution in [-0.4, -0.2) is 89.1 Å². The number of piperidine rings is 1. The third-order valence-corrected chi connectivity index (χ3v) is 6.69. The molecule has 0 saturated carbocycles. The van der Waals surface area contributed by atoms with E-state index in [0.717, 1.165) is 65.3 Å². The average molecular weight is 568 g/mol. The number of aliphatic imine (C=N–C) groups is 1. The monoisotopic (exact) mass is 567 g/mol. The van der Waals surface area contributed by atoms with Crippen molar-refractivity contribution in [2.45, 2.75) is 40.0 Å². The van der Waals surface area contributed by atoms with Crippen LogP contribution in [0.15, 0.2) is 58.5 Å². The zero-order valence-electron chi connectivity index (χ0n) is 25.6. The molecule has 4 N–H and O–H groups in total. The highest BCUT2D eigenvalue weighted by atomic mass is 16.5. The highest BCUT2D eigenvalue weighted by Gasteiger charge is 2.24. The van der Waals surface area contributed by atoms with Gasteiger partial charge in [0.05, 0.1) is 25.0 Å². The van der Waals surface area contributed by atoms with Gasteiger partial charge in [-0.1, -0.05) is 32.9 Å². The summed E-state index contributed by atoms with van der Waals surface area (Å²) in [4.78, 5) is 25.1. The van der Waals surface area contributed by atoms with Crippen molar-refractivity contribution in [2.24, 2.45) is 10.7 Å². The Kier molecular flexibility index (Phi) is 14.7. The van der Waals surface area contributed by atoms with Gasteiger partial charge in [-0.05, 0) is 49.9 Å². The Morgan fingerprint density at radius 1 is 1.22 bits per heavy atom. The Morgan fingerprint density at radius 3 is 2.68 bits per heavy atom. The fraction of sp³-hybridized carbons (Fsp3) is 0.516. The van der Waals surface area contributed by atoms with Crippen molar-refractivity contribution in [3.63, 3.8) is 0 Å². The van der Waals surface area contributed by atoms with Gasteiger partial charge in [0.25, 0.3) is 0 Å². The van der Waals surface area contributed by atoms with Gasteiger partial charge in [0.15, 0.2) is 0 Å². The van der Waals surface area contributed by atoms with Crippen LogP contribution in [0.3, 0.4) is 0 Å². The van der Waals surface area contributed by atoms with Crippen LogP contribution >= 0.6 is 0 Å². The van der Waals surface area contributed by atoms with Crippen LogP contribution in [0.25, 0.3) is 0 Å². The molecule has 0 aromatic carbocycles. The number of methoxy groups -OCH3 is 1. The van der Waals surface area contributed by atoms with Crippen molar-refractivity contribution in [3.05, 3.63) is 59.1 Å². The molecule has 3 aliphatic heterocycles. The number of hydrogen-bond acceptors (Lipinski definition) is 9. The Bertz CT molecular complexity index is 1130. The lowest BCUT2D eigenvalue weighted by Gasteiger charge is -2.34. The molecule has 0 spiro atoms. The summed E-state index contributed by atoms with van der Waals surface area (Å²) < 4.78 is 10.8. The summed E-state index contributed by atoms with van der Waals surface area (Å²) in [5, 5.41) is 6.70. The van der Waals surface area contributed by atoms with E-state index in [1.165, 1.54) is 13.5 Å². The van der Waals surface area contributed by atoms with Crippen LogP contribution in [0.1, 0.15) is 38.7 Å². The minimum Gasteiger partial charge on any atom is -0.474 e. The van der Waals surface area contributed by atoms with E-state index in [0.29, 0.717) is 38.7 Å². The molecule has 0 atom stereocenters. The van der Waals surface area contributed by atoms with Gasteiger partial charge < -0.3 is 35.6 Å². The standard InChI is InChI=1S/C27H36N6O3.C3H8.CH5N/c1-19(14-23-6-9-32(10-12-35-4)25(34)17-30-23)13-22-18-33(8-5-21(22)15-28-3)24-16-31-27-26(20(24)2)29-7-11-36-27;1-3-2;1-2/h13-16,29-30H,1,3,5-12,17-18H2,2,4H3;3H2,1-2H3;2H2,1H3/b21-15-,22-13-,23-14-;;. The van der Waals surface area contributed by atoms with E-state index in [9.17, 15) is 4.79 Å². The summed E-state index contributed by atoms with van der Waals surface area (Å²) in [6, 6.07) is 0. The largest absolute Gasteiger partial charge is 0.474 e. The number of nitrogens with one attached hydrogen (secondary N) is 2. The van der Waals surface area contributed by atoms with Crippen LogP contribution in [0.4, 0.5) is 11.4 Å². The number of amides is 1. The van der Waals surface area contributed by atoms with Crippen molar-refractivity contribution >= 4 is 24.0 Å². The van der Waals surface area contributed by atoms with Crippen molar-refractivity contribution in [1.82, 2.24) is 15.2 Å². The molecule has 3 aliphatic rings. The molecule has 2 fully saturated rings. The van der Waals surface area contributed by atoms with Crippen molar-refractivity contribution in [1.29, 1.82) is 0 Å². The van der Waals surface area contributed by atoms with Gasteiger partial charge >= 0.3 is 0 Å². The number of nitrogens with two attached hydrogens (primary N) is 1. The van der Waals surface area contributed by atoms with Crippen molar-refractivity contribution < 1.29 is 14.3 Å². The second-order valence-corrected chi connectivity index (χ2v) is 9.83. The number of hydrogen-bond donors (Lipinski definition) is 3. The number of carbonyl (C=O) groups excluding carboxylic acids is 1. The number of fused-ring (bicyclic) bond motifs is 1. The predicted molar refractivity (Wildman–Crippen MR) is 170 cm³/mol. The molecule has 0 unspecified atom stereocenters. The molecule has 41 heavy (non-hydrogen) atoms. The fourth-order valence-electron chi connectivity index (χ4n) is 4.75. The zero-order chi connectivity index (χ0) is 30.2. The van der Waals surface area contributed by atoms with Crippen LogP contribution in [0.5, 0.6) is 5.88 Å². The van der Waals surface area contributed by atoms with Gasteiger partial charge in [0.2, 0.25) is 11.8 Å². The maximum atomic E-state index is 12.4. The van der Waals surface area contributed by atoms with Gasteiger partial charge in [-0.25, -0.2) is 4.98 Å². The highest BCUT2D eigenvalue weighted by molar-refractivity contribution is 5.79. The molecule has 0 aliphatic carbocycles. The summed E-state index contributed by atoms with van der Waals surface area (Å²) in [7, 11) is 3.15. The number of nitrogens with zero attached hydrogens (tertiary/aromatic N) is 4. The van der Waals surface area contributed by atoms with Gasteiger partial charge in [-0.2, -0.15) is 0 Å². The van der Waals surface area contributed by atoms with Gasteiger partial charge in [0.1, 0.15) is 12.3 Å². The second-order valence-electron chi connectivity index (χ2n) is 9.83. The maximum Gasteiger partial charge on any atom is 0.241 e. The van der Waals surface area contributed by atoms with E-state index in [1.54, 1.807) is 7.11 Å². The van der Waals surface area contributed by atoms with E-state index in [1.807, 2.05) is 23.4 Å². The summed E-state index contributed by atoms with van der Waals surface area (Å²) in [5.74, 6) is 0.750. The molecule has 10 nitrogen and oxygen atoms in total. The SMILES string of the molecule is C=N/C=C1/CCN(c2cnc3c(c2C)NCCO3)C/C1=C/C(=C)/C=C1/CCN(CCOC)C(=O)CN1.CCC.CN. The molecule has 4 heterocycles. The Hall–Kier alpha value is -3.63. The smallest absolute Gasteiger partial charge is 0.241 e. The lowest BCUT2D eigenvalue weighted by Crippen LogP contribution is -2.36. The lowest BCUT2D eigenvalue weighted by atomic mass is 9.95. The van der Waals surface area contributed by atoms with E-state index >= 15 is 0 Å². The topological polar surface area (TPSA) is 117 Å². The Morgan fingerprint density at radius 2 is 1.98 bits per heavy atom. The van der Waals surface area contributed by atoms with E-state index in [2.05, 4.69) is 71.4 Å². The molecule has 1 amide bonds. The van der Waals surface area contributed by atoms with Crippen molar-refractivity contribution in [2.75, 3.05) is 76.9 Å². The fourth-order valence-corrected chi connectivity index (χ4v) is 4.75. The van der Waals surface area contributed by atoms with E-state index < -0.39 is 0 Å². The average Bonchev–Trinajstić information content (AvgIpc) is 3.15. The van der Waals surface area contributed by atoms with Crippen LogP contribution in [0.2, 0.25) is 0 Å².